The number of anilines is 2. The number of alkyl halides is 3. The van der Waals surface area contributed by atoms with E-state index in [2.05, 4.69) is 10.6 Å². The number of hydrogen-bond acceptors (Lipinski definition) is 4. The second-order valence-corrected chi connectivity index (χ2v) is 10.7. The van der Waals surface area contributed by atoms with Crippen LogP contribution in [-0.2, 0) is 15.8 Å². The quantitative estimate of drug-likeness (QED) is 0.0722. The summed E-state index contributed by atoms with van der Waals surface area (Å²) in [5, 5.41) is 7.17. The molecule has 238 valence electrons. The molecule has 0 aliphatic rings. The van der Waals surface area contributed by atoms with Crippen molar-refractivity contribution in [3.8, 4) is 0 Å². The fraction of sp³-hybridized carbons (Fsp3) is 0.0645. The van der Waals surface area contributed by atoms with Gasteiger partial charge >= 0.3 is 6.18 Å². The first kappa shape index (κ1) is 34.1. The maximum Gasteiger partial charge on any atom is 0.422 e. The standard InChI is InChI=1S/C31H19ClF7N3O3S/c32-18-11-9-16(10-12-18)13-21(41-29(44)17-5-2-1-3-6-17)30(45)40-19-7-4-8-20(14-19)46-15-22(43)42-28-26(35)24(33)23(31(37,38)39)25(34)27(28)36/h1-14H,15H2,(H,40,45)(H,41,44)(H,42,43)/b21-13+. The highest BCUT2D eigenvalue weighted by Crippen LogP contribution is 2.38. The van der Waals surface area contributed by atoms with Crippen molar-refractivity contribution >= 4 is 58.5 Å². The fourth-order valence-corrected chi connectivity index (χ4v) is 4.73. The minimum atomic E-state index is -5.73. The number of hydrogen-bond donors (Lipinski definition) is 3. The van der Waals surface area contributed by atoms with Crippen LogP contribution >= 0.6 is 23.4 Å². The molecule has 4 aromatic carbocycles. The molecule has 0 aromatic heterocycles. The van der Waals surface area contributed by atoms with Crippen molar-refractivity contribution < 1.29 is 45.1 Å². The Balaban J connectivity index is 1.47. The van der Waals surface area contributed by atoms with Gasteiger partial charge in [-0.15, -0.1) is 11.8 Å². The molecule has 3 N–H and O–H groups in total. The molecule has 15 heteroatoms. The van der Waals surface area contributed by atoms with Gasteiger partial charge in [0.25, 0.3) is 11.8 Å². The van der Waals surface area contributed by atoms with Crippen molar-refractivity contribution in [3.63, 3.8) is 0 Å². The van der Waals surface area contributed by atoms with Crippen LogP contribution in [0.15, 0.2) is 89.5 Å². The van der Waals surface area contributed by atoms with Crippen LogP contribution in [0.25, 0.3) is 6.08 Å². The van der Waals surface area contributed by atoms with Gasteiger partial charge < -0.3 is 16.0 Å². The van der Waals surface area contributed by atoms with Crippen molar-refractivity contribution in [1.29, 1.82) is 0 Å². The maximum absolute atomic E-state index is 14.1. The minimum absolute atomic E-state index is 0.131. The number of nitrogens with one attached hydrogen (secondary N) is 3. The molecule has 0 aliphatic carbocycles. The molecule has 0 radical (unpaired) electrons. The largest absolute Gasteiger partial charge is 0.422 e. The first-order valence-electron chi connectivity index (χ1n) is 12.9. The average Bonchev–Trinajstić information content (AvgIpc) is 3.02. The molecule has 3 amide bonds. The third kappa shape index (κ3) is 8.46. The second-order valence-electron chi connectivity index (χ2n) is 9.25. The highest BCUT2D eigenvalue weighted by Gasteiger charge is 2.42. The molecular weight excluding hydrogens is 663 g/mol. The molecule has 4 rings (SSSR count). The predicted octanol–water partition coefficient (Wildman–Crippen LogP) is 8.06. The number of amides is 3. The van der Waals surface area contributed by atoms with E-state index in [1.165, 1.54) is 30.3 Å². The molecule has 0 fully saturated rings. The minimum Gasteiger partial charge on any atom is -0.321 e. The lowest BCUT2D eigenvalue weighted by molar-refractivity contribution is -0.143. The first-order valence-corrected chi connectivity index (χ1v) is 14.2. The first-order chi connectivity index (χ1) is 21.7. The number of halogens is 8. The predicted molar refractivity (Wildman–Crippen MR) is 159 cm³/mol. The van der Waals surface area contributed by atoms with Crippen LogP contribution in [0.4, 0.5) is 42.1 Å². The summed E-state index contributed by atoms with van der Waals surface area (Å²) in [6.45, 7) is 0. The van der Waals surface area contributed by atoms with E-state index in [0.717, 1.165) is 11.8 Å². The third-order valence-corrected chi connectivity index (χ3v) is 7.23. The lowest BCUT2D eigenvalue weighted by Gasteiger charge is -2.14. The Hall–Kier alpha value is -4.82. The van der Waals surface area contributed by atoms with Gasteiger partial charge in [-0.05, 0) is 54.1 Å². The van der Waals surface area contributed by atoms with Crippen LogP contribution in [0, 0.1) is 23.3 Å². The van der Waals surface area contributed by atoms with Crippen LogP contribution < -0.4 is 16.0 Å². The molecule has 6 nitrogen and oxygen atoms in total. The van der Waals surface area contributed by atoms with Gasteiger partial charge in [-0.1, -0.05) is 48.0 Å². The Bertz CT molecular complexity index is 1790. The molecular formula is C31H19ClF7N3O3S. The zero-order valence-electron chi connectivity index (χ0n) is 22.9. The molecule has 0 unspecified atom stereocenters. The molecule has 0 spiro atoms. The molecule has 0 atom stereocenters. The topological polar surface area (TPSA) is 87.3 Å². The average molecular weight is 682 g/mol. The lowest BCUT2D eigenvalue weighted by Crippen LogP contribution is -2.30. The Morgan fingerprint density at radius 1 is 0.783 bits per heavy atom. The van der Waals surface area contributed by atoms with Crippen molar-refractivity contribution in [1.82, 2.24) is 5.32 Å². The van der Waals surface area contributed by atoms with E-state index < -0.39 is 64.2 Å². The fourth-order valence-electron chi connectivity index (χ4n) is 3.84. The van der Waals surface area contributed by atoms with Crippen LogP contribution in [0.1, 0.15) is 21.5 Å². The normalized spacial score (nSPS) is 11.6. The number of rotatable bonds is 9. The Morgan fingerprint density at radius 2 is 1.41 bits per heavy atom. The lowest BCUT2D eigenvalue weighted by atomic mass is 10.1. The van der Waals surface area contributed by atoms with Crippen LogP contribution in [0.3, 0.4) is 0 Å². The van der Waals surface area contributed by atoms with Crippen LogP contribution in [0.2, 0.25) is 5.02 Å². The Labute approximate surface area is 265 Å². The summed E-state index contributed by atoms with van der Waals surface area (Å²) in [6, 6.07) is 20.4. The molecule has 0 saturated heterocycles. The van der Waals surface area contributed by atoms with Crippen molar-refractivity contribution in [2.75, 3.05) is 16.4 Å². The Morgan fingerprint density at radius 3 is 2.02 bits per heavy atom. The summed E-state index contributed by atoms with van der Waals surface area (Å²) in [4.78, 5) is 38.7. The zero-order valence-corrected chi connectivity index (χ0v) is 24.5. The van der Waals surface area contributed by atoms with E-state index in [9.17, 15) is 45.1 Å². The molecule has 4 aromatic rings. The summed E-state index contributed by atoms with van der Waals surface area (Å²) < 4.78 is 94.5. The molecule has 46 heavy (non-hydrogen) atoms. The molecule has 0 heterocycles. The van der Waals surface area contributed by atoms with Crippen LogP contribution in [0.5, 0.6) is 0 Å². The summed E-state index contributed by atoms with van der Waals surface area (Å²) in [6.07, 6.45) is -4.31. The molecule has 0 aliphatic heterocycles. The smallest absolute Gasteiger partial charge is 0.321 e. The van der Waals surface area contributed by atoms with E-state index in [0.29, 0.717) is 15.5 Å². The van der Waals surface area contributed by atoms with Gasteiger partial charge in [0.15, 0.2) is 23.3 Å². The maximum atomic E-state index is 14.1. The van der Waals surface area contributed by atoms with Gasteiger partial charge in [0, 0.05) is 21.2 Å². The van der Waals surface area contributed by atoms with Crippen molar-refractivity contribution in [2.24, 2.45) is 0 Å². The van der Waals surface area contributed by atoms with Gasteiger partial charge in [-0.25, -0.2) is 17.6 Å². The number of benzene rings is 4. The van der Waals surface area contributed by atoms with Crippen molar-refractivity contribution in [2.45, 2.75) is 11.1 Å². The second kappa shape index (κ2) is 14.5. The SMILES string of the molecule is O=C(CSc1cccc(NC(=O)/C(=C\c2ccc(Cl)cc2)NC(=O)c2ccccc2)c1)Nc1c(F)c(F)c(C(F)(F)F)c(F)c1F. The van der Waals surface area contributed by atoms with Gasteiger partial charge in [0.2, 0.25) is 5.91 Å². The summed E-state index contributed by atoms with van der Waals surface area (Å²) in [5.74, 6) is -13.3. The van der Waals surface area contributed by atoms with Gasteiger partial charge in [-0.3, -0.25) is 14.4 Å². The zero-order chi connectivity index (χ0) is 33.6. The van der Waals surface area contributed by atoms with E-state index in [4.69, 9.17) is 11.6 Å². The Kier molecular flexibility index (Phi) is 10.7. The van der Waals surface area contributed by atoms with Crippen molar-refractivity contribution in [3.05, 3.63) is 130 Å². The van der Waals surface area contributed by atoms with Gasteiger partial charge in [-0.2, -0.15) is 13.2 Å². The number of thioether (sulfide) groups is 1. The summed E-state index contributed by atoms with van der Waals surface area (Å²) >= 11 is 6.70. The highest BCUT2D eigenvalue weighted by molar-refractivity contribution is 8.00. The van der Waals surface area contributed by atoms with E-state index >= 15 is 0 Å². The number of carbonyl (C=O) groups is 3. The summed E-state index contributed by atoms with van der Waals surface area (Å²) in [7, 11) is 0. The third-order valence-electron chi connectivity index (χ3n) is 5.98. The van der Waals surface area contributed by atoms with Gasteiger partial charge in [0.1, 0.15) is 16.9 Å². The summed E-state index contributed by atoms with van der Waals surface area (Å²) in [5.41, 5.74) is -3.58. The monoisotopic (exact) mass is 681 g/mol. The highest BCUT2D eigenvalue weighted by atomic mass is 35.5. The number of carbonyl (C=O) groups excluding carboxylic acids is 3. The van der Waals surface area contributed by atoms with E-state index in [1.807, 2.05) is 0 Å². The van der Waals surface area contributed by atoms with Crippen LogP contribution in [-0.4, -0.2) is 23.5 Å². The van der Waals surface area contributed by atoms with E-state index in [-0.39, 0.29) is 16.9 Å². The van der Waals surface area contributed by atoms with E-state index in [1.54, 1.807) is 59.9 Å². The molecule has 0 saturated carbocycles. The van der Waals surface area contributed by atoms with Gasteiger partial charge in [0.05, 0.1) is 5.75 Å². The molecule has 0 bridgehead atoms.